The maximum atomic E-state index is 13.4. The molecule has 1 aromatic heterocycles. The fourth-order valence-corrected chi connectivity index (χ4v) is 1.57. The van der Waals surface area contributed by atoms with Gasteiger partial charge in [-0.2, -0.15) is 5.10 Å². The molecule has 0 fully saturated rings. The van der Waals surface area contributed by atoms with E-state index in [4.69, 9.17) is 5.11 Å². The van der Waals surface area contributed by atoms with Crippen molar-refractivity contribution in [3.8, 4) is 0 Å². The van der Waals surface area contributed by atoms with Crippen molar-refractivity contribution >= 4 is 5.97 Å². The molecule has 2 rings (SSSR count). The molecule has 0 amide bonds. The average Bonchev–Trinajstić information content (AvgIpc) is 2.64. The summed E-state index contributed by atoms with van der Waals surface area (Å²) < 4.78 is 15.1. The third kappa shape index (κ3) is 2.33. The molecule has 2 aromatic rings. The molecule has 0 aliphatic rings. The second kappa shape index (κ2) is 4.37. The summed E-state index contributed by atoms with van der Waals surface area (Å²) in [4.78, 5) is 10.6. The summed E-state index contributed by atoms with van der Waals surface area (Å²) in [7, 11) is 0. The number of aromatic nitrogens is 2. The fourth-order valence-electron chi connectivity index (χ4n) is 1.57. The Labute approximate surface area is 97.3 Å². The van der Waals surface area contributed by atoms with Crippen LogP contribution in [0.2, 0.25) is 0 Å². The van der Waals surface area contributed by atoms with E-state index in [9.17, 15) is 9.18 Å². The number of aryl methyl sites for hydroxylation is 1. The number of nitrogens with zero attached hydrogens (tertiary/aromatic N) is 2. The van der Waals surface area contributed by atoms with E-state index in [0.717, 1.165) is 5.69 Å². The second-order valence-electron chi connectivity index (χ2n) is 3.75. The zero-order valence-corrected chi connectivity index (χ0v) is 9.22. The quantitative estimate of drug-likeness (QED) is 0.884. The average molecular weight is 234 g/mol. The van der Waals surface area contributed by atoms with E-state index in [2.05, 4.69) is 5.10 Å². The lowest BCUT2D eigenvalue weighted by Crippen LogP contribution is -2.06. The number of benzene rings is 1. The third-order valence-electron chi connectivity index (χ3n) is 2.53. The Morgan fingerprint density at radius 3 is 2.76 bits per heavy atom. The molecule has 5 heteroatoms. The molecule has 0 saturated carbocycles. The van der Waals surface area contributed by atoms with E-state index >= 15 is 0 Å². The molecule has 0 spiro atoms. The molecule has 1 heterocycles. The molecule has 0 aliphatic heterocycles. The van der Waals surface area contributed by atoms with Crippen LogP contribution >= 0.6 is 0 Å². The summed E-state index contributed by atoms with van der Waals surface area (Å²) in [5.74, 6) is -1.98. The van der Waals surface area contributed by atoms with Gasteiger partial charge < -0.3 is 5.11 Å². The van der Waals surface area contributed by atoms with Crippen molar-refractivity contribution in [1.29, 1.82) is 0 Å². The highest BCUT2D eigenvalue weighted by atomic mass is 19.1. The lowest BCUT2D eigenvalue weighted by atomic mass is 10.1. The highest BCUT2D eigenvalue weighted by molar-refractivity contribution is 5.87. The van der Waals surface area contributed by atoms with Gasteiger partial charge in [0.25, 0.3) is 0 Å². The zero-order chi connectivity index (χ0) is 12.4. The van der Waals surface area contributed by atoms with E-state index in [1.54, 1.807) is 16.9 Å². The van der Waals surface area contributed by atoms with Gasteiger partial charge in [-0.1, -0.05) is 6.07 Å². The van der Waals surface area contributed by atoms with Gasteiger partial charge in [0.05, 0.1) is 12.1 Å². The van der Waals surface area contributed by atoms with Crippen LogP contribution in [0, 0.1) is 12.7 Å². The first kappa shape index (κ1) is 11.3. The molecule has 0 aliphatic carbocycles. The summed E-state index contributed by atoms with van der Waals surface area (Å²) in [6.07, 6.45) is 1.66. The molecule has 0 atom stereocenters. The number of carboxylic acid groups (broad SMARTS) is 1. The Bertz CT molecular complexity index is 563. The normalized spacial score (nSPS) is 10.5. The standard InChI is InChI=1S/C12H11FN2O2/c1-8-4-5-14-15(8)7-9-2-3-10(12(16)17)11(13)6-9/h2-6H,7H2,1H3,(H,16,17). The minimum atomic E-state index is -1.26. The highest BCUT2D eigenvalue weighted by Gasteiger charge is 2.10. The van der Waals surface area contributed by atoms with Crippen molar-refractivity contribution < 1.29 is 14.3 Å². The first-order chi connectivity index (χ1) is 8.08. The van der Waals surface area contributed by atoms with E-state index in [0.29, 0.717) is 12.1 Å². The predicted octanol–water partition coefficient (Wildman–Crippen LogP) is 2.08. The Hall–Kier alpha value is -2.17. The van der Waals surface area contributed by atoms with Crippen LogP contribution < -0.4 is 0 Å². The smallest absolute Gasteiger partial charge is 0.338 e. The lowest BCUT2D eigenvalue weighted by molar-refractivity contribution is 0.0692. The van der Waals surface area contributed by atoms with Crippen LogP contribution in [0.15, 0.2) is 30.5 Å². The molecule has 0 bridgehead atoms. The van der Waals surface area contributed by atoms with Crippen LogP contribution in [-0.2, 0) is 6.54 Å². The van der Waals surface area contributed by atoms with Crippen molar-refractivity contribution in [3.63, 3.8) is 0 Å². The first-order valence-corrected chi connectivity index (χ1v) is 5.08. The van der Waals surface area contributed by atoms with Gasteiger partial charge >= 0.3 is 5.97 Å². The van der Waals surface area contributed by atoms with Crippen LogP contribution in [0.4, 0.5) is 4.39 Å². The molecule has 0 radical (unpaired) electrons. The Morgan fingerprint density at radius 1 is 1.47 bits per heavy atom. The van der Waals surface area contributed by atoms with Crippen molar-refractivity contribution in [2.45, 2.75) is 13.5 Å². The number of aromatic carboxylic acids is 1. The van der Waals surface area contributed by atoms with E-state index in [1.807, 2.05) is 13.0 Å². The number of carbonyl (C=O) groups is 1. The SMILES string of the molecule is Cc1ccnn1Cc1ccc(C(=O)O)c(F)c1. The second-order valence-corrected chi connectivity index (χ2v) is 3.75. The van der Waals surface area contributed by atoms with Crippen LogP contribution in [0.3, 0.4) is 0 Å². The van der Waals surface area contributed by atoms with Gasteiger partial charge in [-0.25, -0.2) is 9.18 Å². The van der Waals surface area contributed by atoms with Crippen LogP contribution in [0.5, 0.6) is 0 Å². The van der Waals surface area contributed by atoms with Crippen LogP contribution in [-0.4, -0.2) is 20.9 Å². The highest BCUT2D eigenvalue weighted by Crippen LogP contribution is 2.12. The molecule has 0 unspecified atom stereocenters. The Kier molecular flexibility index (Phi) is 2.91. The number of hydrogen-bond donors (Lipinski definition) is 1. The van der Waals surface area contributed by atoms with Crippen molar-refractivity contribution in [2.75, 3.05) is 0 Å². The summed E-state index contributed by atoms with van der Waals surface area (Å²) in [6, 6.07) is 5.94. The summed E-state index contributed by atoms with van der Waals surface area (Å²) in [5, 5.41) is 12.8. The topological polar surface area (TPSA) is 55.1 Å². The van der Waals surface area contributed by atoms with Crippen molar-refractivity contribution in [3.05, 3.63) is 53.1 Å². The van der Waals surface area contributed by atoms with Gasteiger partial charge in [0.1, 0.15) is 5.82 Å². The molecule has 4 nitrogen and oxygen atoms in total. The van der Waals surface area contributed by atoms with Crippen molar-refractivity contribution in [2.24, 2.45) is 0 Å². The predicted molar refractivity (Wildman–Crippen MR) is 59.4 cm³/mol. The van der Waals surface area contributed by atoms with E-state index in [1.165, 1.54) is 12.1 Å². The van der Waals surface area contributed by atoms with E-state index in [-0.39, 0.29) is 5.56 Å². The molecular formula is C12H11FN2O2. The van der Waals surface area contributed by atoms with Gasteiger partial charge in [0.2, 0.25) is 0 Å². The van der Waals surface area contributed by atoms with E-state index < -0.39 is 11.8 Å². The van der Waals surface area contributed by atoms with Gasteiger partial charge in [-0.15, -0.1) is 0 Å². The molecular weight excluding hydrogens is 223 g/mol. The fraction of sp³-hybridized carbons (Fsp3) is 0.167. The number of carboxylic acids is 1. The maximum absolute atomic E-state index is 13.4. The number of rotatable bonds is 3. The summed E-state index contributed by atoms with van der Waals surface area (Å²) in [5.41, 5.74) is 1.33. The molecule has 88 valence electrons. The minimum absolute atomic E-state index is 0.314. The molecule has 1 aromatic carbocycles. The molecule has 0 saturated heterocycles. The van der Waals surface area contributed by atoms with Gasteiger partial charge in [-0.05, 0) is 30.7 Å². The largest absolute Gasteiger partial charge is 0.478 e. The van der Waals surface area contributed by atoms with Gasteiger partial charge in [-0.3, -0.25) is 4.68 Å². The summed E-state index contributed by atoms with van der Waals surface area (Å²) >= 11 is 0. The zero-order valence-electron chi connectivity index (χ0n) is 9.22. The first-order valence-electron chi connectivity index (χ1n) is 5.08. The molecule has 17 heavy (non-hydrogen) atoms. The minimum Gasteiger partial charge on any atom is -0.478 e. The monoisotopic (exact) mass is 234 g/mol. The lowest BCUT2D eigenvalue weighted by Gasteiger charge is -2.05. The van der Waals surface area contributed by atoms with Crippen LogP contribution in [0.25, 0.3) is 0 Å². The number of hydrogen-bond acceptors (Lipinski definition) is 2. The van der Waals surface area contributed by atoms with Gasteiger partial charge in [0, 0.05) is 11.9 Å². The maximum Gasteiger partial charge on any atom is 0.338 e. The summed E-state index contributed by atoms with van der Waals surface area (Å²) in [6.45, 7) is 2.32. The molecule has 1 N–H and O–H groups in total. The van der Waals surface area contributed by atoms with Crippen molar-refractivity contribution in [1.82, 2.24) is 9.78 Å². The number of halogens is 1. The Balaban J connectivity index is 2.27. The van der Waals surface area contributed by atoms with Crippen LogP contribution in [0.1, 0.15) is 21.6 Å². The third-order valence-corrected chi connectivity index (χ3v) is 2.53. The Morgan fingerprint density at radius 2 is 2.24 bits per heavy atom. The van der Waals surface area contributed by atoms with Gasteiger partial charge in [0.15, 0.2) is 0 Å².